The van der Waals surface area contributed by atoms with Gasteiger partial charge in [0.15, 0.2) is 16.5 Å². The van der Waals surface area contributed by atoms with Crippen LogP contribution in [-0.4, -0.2) is 70.9 Å². The number of hydrogen-bond acceptors (Lipinski definition) is 9. The Labute approximate surface area is 232 Å². The molecule has 0 amide bonds. The van der Waals surface area contributed by atoms with Gasteiger partial charge in [0.05, 0.1) is 6.54 Å². The lowest BCUT2D eigenvalue weighted by Gasteiger charge is -2.37. The van der Waals surface area contributed by atoms with E-state index in [9.17, 15) is 13.2 Å². The van der Waals surface area contributed by atoms with Gasteiger partial charge in [0.2, 0.25) is 5.95 Å². The van der Waals surface area contributed by atoms with Crippen LogP contribution in [0.1, 0.15) is 18.4 Å². The maximum absolute atomic E-state index is 13.2. The molecule has 1 saturated heterocycles. The third-order valence-corrected chi connectivity index (χ3v) is 7.99. The standard InChI is InChI=1S/C27H33N9O3S/c1-5-13-35-26(37)21-17-29-27(32-25(21)36(35)23-7-6-8-24(31-23)40(28,38)39)30-19-9-10-22(18(2)16-19)34-14-11-20(12-15-34)33(3)4/h5-10,16-17,20H,1,11-15H2,2-4H3,(H2,28,38,39)(H,29,30,32). The van der Waals surface area contributed by atoms with E-state index < -0.39 is 10.0 Å². The van der Waals surface area contributed by atoms with E-state index in [-0.39, 0.29) is 39.9 Å². The number of fused-ring (bicyclic) bond motifs is 1. The van der Waals surface area contributed by atoms with Crippen molar-refractivity contribution in [2.24, 2.45) is 5.14 Å². The van der Waals surface area contributed by atoms with Crippen LogP contribution in [-0.2, 0) is 16.6 Å². The molecular formula is C27H33N9O3S. The van der Waals surface area contributed by atoms with E-state index in [4.69, 9.17) is 5.14 Å². The molecule has 1 aromatic carbocycles. The molecule has 40 heavy (non-hydrogen) atoms. The fraction of sp³-hybridized carbons (Fsp3) is 0.333. The lowest BCUT2D eigenvalue weighted by Crippen LogP contribution is -2.42. The molecule has 1 aliphatic heterocycles. The predicted octanol–water partition coefficient (Wildman–Crippen LogP) is 2.39. The lowest BCUT2D eigenvalue weighted by molar-refractivity contribution is 0.249. The Bertz CT molecular complexity index is 1740. The van der Waals surface area contributed by atoms with Crippen molar-refractivity contribution in [3.63, 3.8) is 0 Å². The number of nitrogens with two attached hydrogens (primary N) is 1. The first kappa shape index (κ1) is 27.5. The molecule has 13 heteroatoms. The summed E-state index contributed by atoms with van der Waals surface area (Å²) >= 11 is 0. The predicted molar refractivity (Wildman–Crippen MR) is 156 cm³/mol. The Morgan fingerprint density at radius 3 is 2.58 bits per heavy atom. The molecule has 12 nitrogen and oxygen atoms in total. The number of piperidine rings is 1. The van der Waals surface area contributed by atoms with Crippen LogP contribution >= 0.6 is 0 Å². The first-order valence-corrected chi connectivity index (χ1v) is 14.5. The molecule has 0 spiro atoms. The molecular weight excluding hydrogens is 530 g/mol. The van der Waals surface area contributed by atoms with Crippen molar-refractivity contribution in [3.8, 4) is 5.82 Å². The minimum Gasteiger partial charge on any atom is -0.371 e. The van der Waals surface area contributed by atoms with Crippen LogP contribution in [0.3, 0.4) is 0 Å². The summed E-state index contributed by atoms with van der Waals surface area (Å²) in [6.45, 7) is 7.98. The Kier molecular flexibility index (Phi) is 7.45. The van der Waals surface area contributed by atoms with E-state index >= 15 is 0 Å². The van der Waals surface area contributed by atoms with E-state index in [0.717, 1.165) is 37.2 Å². The van der Waals surface area contributed by atoms with Crippen LogP contribution < -0.4 is 20.9 Å². The van der Waals surface area contributed by atoms with Gasteiger partial charge in [-0.05, 0) is 69.8 Å². The van der Waals surface area contributed by atoms with Gasteiger partial charge in [-0.3, -0.25) is 4.79 Å². The number of aryl methyl sites for hydroxylation is 1. The molecule has 1 fully saturated rings. The Morgan fingerprint density at radius 2 is 1.93 bits per heavy atom. The van der Waals surface area contributed by atoms with Crippen molar-refractivity contribution in [2.75, 3.05) is 37.4 Å². The number of sulfonamides is 1. The highest BCUT2D eigenvalue weighted by atomic mass is 32.2. The number of nitrogens with one attached hydrogen (secondary N) is 1. The fourth-order valence-electron chi connectivity index (χ4n) is 5.13. The molecule has 3 aromatic heterocycles. The average molecular weight is 564 g/mol. The highest BCUT2D eigenvalue weighted by Gasteiger charge is 2.22. The van der Waals surface area contributed by atoms with Crippen LogP contribution in [0.25, 0.3) is 16.9 Å². The molecule has 0 aliphatic carbocycles. The largest absolute Gasteiger partial charge is 0.371 e. The van der Waals surface area contributed by atoms with Gasteiger partial charge in [0, 0.05) is 36.7 Å². The number of allylic oxidation sites excluding steroid dienone is 1. The fourth-order valence-corrected chi connectivity index (χ4v) is 5.62. The van der Waals surface area contributed by atoms with Gasteiger partial charge in [0.25, 0.3) is 15.6 Å². The Balaban J connectivity index is 1.48. The van der Waals surface area contributed by atoms with Gasteiger partial charge in [-0.1, -0.05) is 12.1 Å². The number of hydrogen-bond donors (Lipinski definition) is 2. The Hall–Kier alpha value is -4.07. The van der Waals surface area contributed by atoms with Crippen molar-refractivity contribution in [1.82, 2.24) is 29.2 Å². The van der Waals surface area contributed by atoms with Crippen molar-refractivity contribution < 1.29 is 8.42 Å². The number of pyridine rings is 1. The normalized spacial score (nSPS) is 14.7. The second-order valence-electron chi connectivity index (χ2n) is 10.1. The SMILES string of the molecule is C=CCn1c(=O)c2cnc(Nc3ccc(N4CCC(N(C)C)CC4)c(C)c3)nc2n1-c1cccc(S(N)(=O)=O)n1. The molecule has 0 unspecified atom stereocenters. The monoisotopic (exact) mass is 563 g/mol. The number of primary sulfonamides is 1. The summed E-state index contributed by atoms with van der Waals surface area (Å²) in [5.74, 6) is 0.446. The van der Waals surface area contributed by atoms with Crippen LogP contribution in [0.5, 0.6) is 0 Å². The topological polar surface area (TPSA) is 144 Å². The van der Waals surface area contributed by atoms with Gasteiger partial charge in [-0.2, -0.15) is 4.98 Å². The van der Waals surface area contributed by atoms with E-state index in [1.807, 2.05) is 12.1 Å². The summed E-state index contributed by atoms with van der Waals surface area (Å²) in [5, 5.41) is 8.46. The van der Waals surface area contributed by atoms with Gasteiger partial charge in [-0.15, -0.1) is 6.58 Å². The molecule has 0 radical (unpaired) electrons. The summed E-state index contributed by atoms with van der Waals surface area (Å²) in [5.41, 5.74) is 3.04. The van der Waals surface area contributed by atoms with Crippen LogP contribution in [0, 0.1) is 6.92 Å². The van der Waals surface area contributed by atoms with Crippen molar-refractivity contribution in [2.45, 2.75) is 37.4 Å². The van der Waals surface area contributed by atoms with Gasteiger partial charge in [0.1, 0.15) is 5.39 Å². The van der Waals surface area contributed by atoms with Crippen LogP contribution in [0.2, 0.25) is 0 Å². The maximum Gasteiger partial charge on any atom is 0.278 e. The van der Waals surface area contributed by atoms with Gasteiger partial charge >= 0.3 is 0 Å². The van der Waals surface area contributed by atoms with Gasteiger partial charge < -0.3 is 15.1 Å². The van der Waals surface area contributed by atoms with E-state index in [1.165, 1.54) is 33.4 Å². The molecule has 1 aliphatic rings. The van der Waals surface area contributed by atoms with E-state index in [2.05, 4.69) is 63.7 Å². The number of aromatic nitrogens is 5. The molecule has 3 N–H and O–H groups in total. The maximum atomic E-state index is 13.2. The second kappa shape index (κ2) is 10.8. The lowest BCUT2D eigenvalue weighted by atomic mass is 10.0. The molecule has 4 heterocycles. The summed E-state index contributed by atoms with van der Waals surface area (Å²) in [6.07, 6.45) is 5.26. The minimum absolute atomic E-state index is 0.145. The number of nitrogens with zero attached hydrogens (tertiary/aromatic N) is 7. The molecule has 210 valence electrons. The molecule has 0 saturated carbocycles. The average Bonchev–Trinajstić information content (AvgIpc) is 3.19. The van der Waals surface area contributed by atoms with E-state index in [1.54, 1.807) is 12.1 Å². The van der Waals surface area contributed by atoms with Crippen molar-refractivity contribution in [1.29, 1.82) is 0 Å². The zero-order valence-electron chi connectivity index (χ0n) is 22.8. The second-order valence-corrected chi connectivity index (χ2v) is 11.6. The summed E-state index contributed by atoms with van der Waals surface area (Å²) in [7, 11) is 0.214. The number of benzene rings is 1. The molecule has 0 atom stereocenters. The Morgan fingerprint density at radius 1 is 1.18 bits per heavy atom. The zero-order valence-corrected chi connectivity index (χ0v) is 23.6. The highest BCUT2D eigenvalue weighted by molar-refractivity contribution is 7.89. The number of rotatable bonds is 8. The zero-order chi connectivity index (χ0) is 28.6. The van der Waals surface area contributed by atoms with Gasteiger partial charge in [-0.25, -0.2) is 32.9 Å². The highest BCUT2D eigenvalue weighted by Crippen LogP contribution is 2.28. The quantitative estimate of drug-likeness (QED) is 0.309. The van der Waals surface area contributed by atoms with Crippen molar-refractivity contribution >= 4 is 38.4 Å². The molecule has 5 rings (SSSR count). The van der Waals surface area contributed by atoms with Crippen LogP contribution in [0.15, 0.2) is 65.1 Å². The molecule has 4 aromatic rings. The van der Waals surface area contributed by atoms with Crippen LogP contribution in [0.4, 0.5) is 17.3 Å². The first-order valence-electron chi connectivity index (χ1n) is 13.0. The van der Waals surface area contributed by atoms with Crippen molar-refractivity contribution in [3.05, 3.63) is 71.2 Å². The molecule has 0 bridgehead atoms. The van der Waals surface area contributed by atoms with E-state index in [0.29, 0.717) is 6.04 Å². The number of anilines is 3. The summed E-state index contributed by atoms with van der Waals surface area (Å²) < 4.78 is 26.7. The third-order valence-electron chi connectivity index (χ3n) is 7.18. The minimum atomic E-state index is -4.06. The third kappa shape index (κ3) is 5.35. The summed E-state index contributed by atoms with van der Waals surface area (Å²) in [4.78, 5) is 31.1. The summed E-state index contributed by atoms with van der Waals surface area (Å²) in [6, 6.07) is 11.1. The first-order chi connectivity index (χ1) is 19.1. The smallest absolute Gasteiger partial charge is 0.278 e.